The number of ether oxygens (including phenoxy) is 1. The van der Waals surface area contributed by atoms with Gasteiger partial charge in [-0.25, -0.2) is 0 Å². The number of nitrogens with zero attached hydrogens (tertiary/aromatic N) is 1. The van der Waals surface area contributed by atoms with Crippen LogP contribution in [0.25, 0.3) is 0 Å². The highest BCUT2D eigenvalue weighted by molar-refractivity contribution is 6.34. The molecule has 0 aliphatic heterocycles. The molecule has 5 nitrogen and oxygen atoms in total. The van der Waals surface area contributed by atoms with Crippen molar-refractivity contribution in [3.8, 4) is 0 Å². The fourth-order valence-corrected chi connectivity index (χ4v) is 2.45. The molecule has 23 heavy (non-hydrogen) atoms. The number of halogens is 1. The number of carbonyl (C=O) groups is 2. The van der Waals surface area contributed by atoms with Crippen LogP contribution in [0.5, 0.6) is 0 Å². The van der Waals surface area contributed by atoms with E-state index in [0.717, 1.165) is 0 Å². The monoisotopic (exact) mass is 340 g/mol. The first kappa shape index (κ1) is 19.5. The van der Waals surface area contributed by atoms with Crippen LogP contribution < -0.4 is 5.32 Å². The van der Waals surface area contributed by atoms with Gasteiger partial charge >= 0.3 is 0 Å². The number of methoxy groups -OCH3 is 1. The van der Waals surface area contributed by atoms with Crippen molar-refractivity contribution in [1.29, 1.82) is 0 Å². The Morgan fingerprint density at radius 1 is 1.30 bits per heavy atom. The second-order valence-corrected chi connectivity index (χ2v) is 6.13. The Morgan fingerprint density at radius 3 is 2.48 bits per heavy atom. The maximum Gasteiger partial charge on any atom is 0.255 e. The van der Waals surface area contributed by atoms with Gasteiger partial charge in [-0.3, -0.25) is 9.59 Å². The second-order valence-electron chi connectivity index (χ2n) is 5.73. The molecule has 0 spiro atoms. The minimum absolute atomic E-state index is 0.0727. The lowest BCUT2D eigenvalue weighted by Gasteiger charge is -2.25. The van der Waals surface area contributed by atoms with Crippen LogP contribution in [0.4, 0.5) is 5.69 Å². The number of nitrogens with one attached hydrogen (secondary N) is 1. The van der Waals surface area contributed by atoms with E-state index in [1.54, 1.807) is 37.1 Å². The van der Waals surface area contributed by atoms with Gasteiger partial charge in [-0.1, -0.05) is 18.5 Å². The van der Waals surface area contributed by atoms with Gasteiger partial charge in [-0.05, 0) is 39.0 Å². The van der Waals surface area contributed by atoms with Crippen LogP contribution in [0, 0.1) is 5.92 Å². The van der Waals surface area contributed by atoms with Crippen LogP contribution in [0.1, 0.15) is 38.1 Å². The number of benzene rings is 1. The number of carbonyl (C=O) groups excluding carboxylic acids is 2. The van der Waals surface area contributed by atoms with Crippen molar-refractivity contribution in [2.45, 2.75) is 33.7 Å². The van der Waals surface area contributed by atoms with Gasteiger partial charge < -0.3 is 15.0 Å². The van der Waals surface area contributed by atoms with Crippen molar-refractivity contribution in [2.24, 2.45) is 5.92 Å². The maximum absolute atomic E-state index is 12.6. The van der Waals surface area contributed by atoms with E-state index >= 15 is 0 Å². The van der Waals surface area contributed by atoms with Crippen LogP contribution in [-0.4, -0.2) is 43.0 Å². The molecule has 1 rings (SSSR count). The minimum atomic E-state index is -0.280. The van der Waals surface area contributed by atoms with Crippen LogP contribution in [0.3, 0.4) is 0 Å². The molecule has 0 heterocycles. The van der Waals surface area contributed by atoms with Crippen molar-refractivity contribution >= 4 is 29.1 Å². The third-order valence-electron chi connectivity index (χ3n) is 3.55. The zero-order valence-corrected chi connectivity index (χ0v) is 15.1. The molecule has 1 aromatic carbocycles. The summed E-state index contributed by atoms with van der Waals surface area (Å²) in [5.41, 5.74) is 0.935. The SMILES string of the molecule is CCN(C(=O)c1cc(NC(=O)C(C)COC)ccc1Cl)C(C)C. The van der Waals surface area contributed by atoms with E-state index in [2.05, 4.69) is 5.32 Å². The van der Waals surface area contributed by atoms with Crippen LogP contribution >= 0.6 is 11.6 Å². The predicted octanol–water partition coefficient (Wildman–Crippen LogP) is 3.43. The minimum Gasteiger partial charge on any atom is -0.384 e. The summed E-state index contributed by atoms with van der Waals surface area (Å²) in [4.78, 5) is 26.4. The van der Waals surface area contributed by atoms with Crippen molar-refractivity contribution in [3.63, 3.8) is 0 Å². The van der Waals surface area contributed by atoms with E-state index in [1.165, 1.54) is 0 Å². The summed E-state index contributed by atoms with van der Waals surface area (Å²) in [6.07, 6.45) is 0. The van der Waals surface area contributed by atoms with Gasteiger partial charge in [0.05, 0.1) is 23.1 Å². The Morgan fingerprint density at radius 2 is 1.96 bits per heavy atom. The summed E-state index contributed by atoms with van der Waals surface area (Å²) >= 11 is 6.17. The van der Waals surface area contributed by atoms with Gasteiger partial charge in [0.15, 0.2) is 0 Å². The average molecular weight is 341 g/mol. The normalized spacial score (nSPS) is 12.1. The predicted molar refractivity (Wildman–Crippen MR) is 93.0 cm³/mol. The lowest BCUT2D eigenvalue weighted by molar-refractivity contribution is -0.120. The average Bonchev–Trinajstić information content (AvgIpc) is 2.49. The summed E-state index contributed by atoms with van der Waals surface area (Å²) in [6.45, 7) is 8.53. The Bertz CT molecular complexity index is 561. The standard InChI is InChI=1S/C17H25ClN2O3/c1-6-20(11(2)3)17(22)14-9-13(7-8-15(14)18)19-16(21)12(4)10-23-5/h7-9,11-12H,6,10H2,1-5H3,(H,19,21). The number of hydrogen-bond donors (Lipinski definition) is 1. The second kappa shape index (κ2) is 8.89. The van der Waals surface area contributed by atoms with Gasteiger partial charge in [0.1, 0.15) is 0 Å². The maximum atomic E-state index is 12.6. The lowest BCUT2D eigenvalue weighted by Crippen LogP contribution is -2.36. The van der Waals surface area contributed by atoms with Crippen molar-refractivity contribution in [1.82, 2.24) is 4.90 Å². The molecule has 1 aromatic rings. The number of hydrogen-bond acceptors (Lipinski definition) is 3. The molecule has 1 N–H and O–H groups in total. The van der Waals surface area contributed by atoms with Gasteiger partial charge in [-0.2, -0.15) is 0 Å². The fourth-order valence-electron chi connectivity index (χ4n) is 2.26. The molecule has 0 radical (unpaired) electrons. The van der Waals surface area contributed by atoms with Gasteiger partial charge in [0, 0.05) is 25.4 Å². The molecule has 0 fully saturated rings. The molecule has 0 saturated heterocycles. The molecule has 2 amide bonds. The zero-order chi connectivity index (χ0) is 17.6. The van der Waals surface area contributed by atoms with E-state index < -0.39 is 0 Å². The molecule has 0 aliphatic carbocycles. The molecule has 0 saturated carbocycles. The van der Waals surface area contributed by atoms with Crippen LogP contribution in [-0.2, 0) is 9.53 Å². The summed E-state index contributed by atoms with van der Waals surface area (Å²) in [7, 11) is 1.55. The summed E-state index contributed by atoms with van der Waals surface area (Å²) in [5, 5.41) is 3.16. The Balaban J connectivity index is 2.99. The topological polar surface area (TPSA) is 58.6 Å². The largest absolute Gasteiger partial charge is 0.384 e. The van der Waals surface area contributed by atoms with E-state index in [4.69, 9.17) is 16.3 Å². The molecule has 1 unspecified atom stereocenters. The number of anilines is 1. The molecule has 6 heteroatoms. The van der Waals surface area contributed by atoms with E-state index in [1.807, 2.05) is 20.8 Å². The Kier molecular flexibility index (Phi) is 7.52. The summed E-state index contributed by atoms with van der Waals surface area (Å²) in [5.74, 6) is -0.588. The highest BCUT2D eigenvalue weighted by atomic mass is 35.5. The molecular weight excluding hydrogens is 316 g/mol. The molecule has 0 aromatic heterocycles. The first-order valence-corrected chi connectivity index (χ1v) is 8.09. The van der Waals surface area contributed by atoms with Crippen LogP contribution in [0.2, 0.25) is 5.02 Å². The first-order valence-electron chi connectivity index (χ1n) is 7.72. The number of amides is 2. The third-order valence-corrected chi connectivity index (χ3v) is 3.88. The summed E-state index contributed by atoms with van der Waals surface area (Å²) in [6, 6.07) is 5.00. The van der Waals surface area contributed by atoms with E-state index in [9.17, 15) is 9.59 Å². The zero-order valence-electron chi connectivity index (χ0n) is 14.4. The first-order chi connectivity index (χ1) is 10.8. The lowest BCUT2D eigenvalue weighted by atomic mass is 10.1. The highest BCUT2D eigenvalue weighted by Crippen LogP contribution is 2.23. The quantitative estimate of drug-likeness (QED) is 0.827. The van der Waals surface area contributed by atoms with Crippen molar-refractivity contribution < 1.29 is 14.3 Å². The highest BCUT2D eigenvalue weighted by Gasteiger charge is 2.21. The van der Waals surface area contributed by atoms with Crippen molar-refractivity contribution in [3.05, 3.63) is 28.8 Å². The van der Waals surface area contributed by atoms with Gasteiger partial charge in [-0.15, -0.1) is 0 Å². The van der Waals surface area contributed by atoms with Crippen molar-refractivity contribution in [2.75, 3.05) is 25.6 Å². The van der Waals surface area contributed by atoms with Gasteiger partial charge in [0.2, 0.25) is 5.91 Å². The summed E-state index contributed by atoms with van der Waals surface area (Å²) < 4.78 is 4.97. The smallest absolute Gasteiger partial charge is 0.255 e. The van der Waals surface area contributed by atoms with E-state index in [-0.39, 0.29) is 23.8 Å². The fraction of sp³-hybridized carbons (Fsp3) is 0.529. The number of rotatable bonds is 7. The molecular formula is C17H25ClN2O3. The third kappa shape index (κ3) is 5.22. The van der Waals surface area contributed by atoms with Gasteiger partial charge in [0.25, 0.3) is 5.91 Å². The molecule has 128 valence electrons. The Labute approximate surface area is 142 Å². The Hall–Kier alpha value is -1.59. The van der Waals surface area contributed by atoms with E-state index in [0.29, 0.717) is 29.4 Å². The molecule has 1 atom stereocenters. The molecule has 0 bridgehead atoms. The molecule has 0 aliphatic rings. The van der Waals surface area contributed by atoms with Crippen LogP contribution in [0.15, 0.2) is 18.2 Å².